The normalized spacial score (nSPS) is 18.2. The molecule has 1 saturated heterocycles. The number of H-pyrrole nitrogens is 1. The average molecular weight is 264 g/mol. The van der Waals surface area contributed by atoms with Gasteiger partial charge >= 0.3 is 0 Å². The van der Waals surface area contributed by atoms with Crippen molar-refractivity contribution in [3.8, 4) is 0 Å². The van der Waals surface area contributed by atoms with Crippen LogP contribution in [-0.2, 0) is 11.2 Å². The summed E-state index contributed by atoms with van der Waals surface area (Å²) in [5, 5.41) is 6.32. The fourth-order valence-electron chi connectivity index (χ4n) is 2.45. The third-order valence-corrected chi connectivity index (χ3v) is 3.65. The van der Waals surface area contributed by atoms with Gasteiger partial charge in [0.25, 0.3) is 0 Å². The van der Waals surface area contributed by atoms with Crippen molar-refractivity contribution in [1.29, 1.82) is 0 Å². The first-order chi connectivity index (χ1) is 9.25. The number of nitrogens with one attached hydrogen (secondary N) is 3. The molecule has 1 atom stereocenters. The fourth-order valence-corrected chi connectivity index (χ4v) is 2.45. The van der Waals surface area contributed by atoms with Crippen molar-refractivity contribution in [2.75, 3.05) is 32.7 Å². The maximum atomic E-state index is 11.9. The second kappa shape index (κ2) is 7.31. The van der Waals surface area contributed by atoms with Gasteiger partial charge in [-0.1, -0.05) is 0 Å². The minimum Gasteiger partial charge on any atom is -0.367 e. The molecule has 1 aromatic heterocycles. The zero-order valence-electron chi connectivity index (χ0n) is 11.6. The van der Waals surface area contributed by atoms with E-state index in [0.29, 0.717) is 19.0 Å². The molecule has 0 saturated carbocycles. The van der Waals surface area contributed by atoms with Crippen molar-refractivity contribution < 1.29 is 4.79 Å². The van der Waals surface area contributed by atoms with Crippen LogP contribution < -0.4 is 10.6 Å². The van der Waals surface area contributed by atoms with Crippen LogP contribution in [0.2, 0.25) is 0 Å². The molecule has 1 fully saturated rings. The largest absolute Gasteiger partial charge is 0.367 e. The van der Waals surface area contributed by atoms with Gasteiger partial charge in [0.05, 0.1) is 0 Å². The van der Waals surface area contributed by atoms with Gasteiger partial charge in [-0.15, -0.1) is 0 Å². The van der Waals surface area contributed by atoms with E-state index in [4.69, 9.17) is 0 Å². The number of piperazine rings is 1. The van der Waals surface area contributed by atoms with Gasteiger partial charge < -0.3 is 15.6 Å². The van der Waals surface area contributed by atoms with Crippen LogP contribution in [0.3, 0.4) is 0 Å². The van der Waals surface area contributed by atoms with Crippen molar-refractivity contribution in [2.24, 2.45) is 0 Å². The summed E-state index contributed by atoms with van der Waals surface area (Å²) >= 11 is 0. The van der Waals surface area contributed by atoms with Crippen molar-refractivity contribution in [3.63, 3.8) is 0 Å². The monoisotopic (exact) mass is 264 g/mol. The summed E-state index contributed by atoms with van der Waals surface area (Å²) in [6.45, 7) is 6.98. The standard InChI is InChI=1S/C14H24N4O/c1-12(18-8-6-15-7-9-18)10-14(19)17-5-3-13-2-4-16-11-13/h2,4,11-12,15-16H,3,5-10H2,1H3,(H,17,19). The average Bonchev–Trinajstić information content (AvgIpc) is 2.93. The van der Waals surface area contributed by atoms with E-state index in [-0.39, 0.29) is 5.91 Å². The first-order valence-corrected chi connectivity index (χ1v) is 7.09. The van der Waals surface area contributed by atoms with Crippen molar-refractivity contribution in [1.82, 2.24) is 20.5 Å². The minimum absolute atomic E-state index is 0.154. The summed E-state index contributed by atoms with van der Waals surface area (Å²) in [5.41, 5.74) is 1.23. The van der Waals surface area contributed by atoms with Crippen LogP contribution in [0, 0.1) is 0 Å². The molecule has 0 radical (unpaired) electrons. The first-order valence-electron chi connectivity index (χ1n) is 7.09. The van der Waals surface area contributed by atoms with E-state index in [0.717, 1.165) is 32.6 Å². The summed E-state index contributed by atoms with van der Waals surface area (Å²) in [4.78, 5) is 17.3. The van der Waals surface area contributed by atoms with Crippen LogP contribution in [0.25, 0.3) is 0 Å². The molecule has 0 spiro atoms. The number of hydrogen-bond donors (Lipinski definition) is 3. The summed E-state index contributed by atoms with van der Waals surface area (Å²) in [6.07, 6.45) is 5.35. The highest BCUT2D eigenvalue weighted by molar-refractivity contribution is 5.76. The van der Waals surface area contributed by atoms with E-state index < -0.39 is 0 Å². The molecular weight excluding hydrogens is 240 g/mol. The van der Waals surface area contributed by atoms with Gasteiger partial charge in [-0.3, -0.25) is 9.69 Å². The molecule has 5 heteroatoms. The molecule has 1 amide bonds. The number of aromatic nitrogens is 1. The predicted molar refractivity (Wildman–Crippen MR) is 76.0 cm³/mol. The van der Waals surface area contributed by atoms with Gasteiger partial charge in [0.15, 0.2) is 0 Å². The van der Waals surface area contributed by atoms with Gasteiger partial charge in [-0.2, -0.15) is 0 Å². The number of nitrogens with zero attached hydrogens (tertiary/aromatic N) is 1. The molecule has 1 aliphatic heterocycles. The lowest BCUT2D eigenvalue weighted by Crippen LogP contribution is -2.48. The molecule has 2 rings (SSSR count). The second-order valence-corrected chi connectivity index (χ2v) is 5.16. The minimum atomic E-state index is 0.154. The van der Waals surface area contributed by atoms with E-state index in [1.54, 1.807) is 0 Å². The number of rotatable bonds is 6. The zero-order chi connectivity index (χ0) is 13.5. The lowest BCUT2D eigenvalue weighted by molar-refractivity contribution is -0.122. The number of hydrogen-bond acceptors (Lipinski definition) is 3. The molecule has 0 aromatic carbocycles. The van der Waals surface area contributed by atoms with E-state index in [1.807, 2.05) is 18.5 Å². The number of aromatic amines is 1. The van der Waals surface area contributed by atoms with Crippen molar-refractivity contribution in [3.05, 3.63) is 24.0 Å². The Bertz CT molecular complexity index is 371. The Labute approximate surface area is 114 Å². The van der Waals surface area contributed by atoms with Gasteiger partial charge in [-0.05, 0) is 25.0 Å². The number of carbonyl (C=O) groups excluding carboxylic acids is 1. The molecule has 1 unspecified atom stereocenters. The van der Waals surface area contributed by atoms with Gasteiger partial charge in [0.1, 0.15) is 0 Å². The highest BCUT2D eigenvalue weighted by Gasteiger charge is 2.18. The van der Waals surface area contributed by atoms with Crippen molar-refractivity contribution >= 4 is 5.91 Å². The van der Waals surface area contributed by atoms with Gasteiger partial charge in [-0.25, -0.2) is 0 Å². The SMILES string of the molecule is CC(CC(=O)NCCc1cc[nH]c1)N1CCNCC1. The lowest BCUT2D eigenvalue weighted by Gasteiger charge is -2.32. The van der Waals surface area contributed by atoms with Crippen LogP contribution in [0.4, 0.5) is 0 Å². The van der Waals surface area contributed by atoms with Crippen molar-refractivity contribution in [2.45, 2.75) is 25.8 Å². The Kier molecular flexibility index (Phi) is 5.42. The third-order valence-electron chi connectivity index (χ3n) is 3.65. The molecule has 5 nitrogen and oxygen atoms in total. The Morgan fingerprint density at radius 3 is 2.95 bits per heavy atom. The van der Waals surface area contributed by atoms with Crippen LogP contribution >= 0.6 is 0 Å². The Morgan fingerprint density at radius 2 is 2.26 bits per heavy atom. The van der Waals surface area contributed by atoms with Crippen LogP contribution in [0.15, 0.2) is 18.5 Å². The van der Waals surface area contributed by atoms with Crippen LogP contribution in [-0.4, -0.2) is 54.6 Å². The molecule has 19 heavy (non-hydrogen) atoms. The fraction of sp³-hybridized carbons (Fsp3) is 0.643. The third kappa shape index (κ3) is 4.69. The molecular formula is C14H24N4O. The lowest BCUT2D eigenvalue weighted by atomic mass is 10.1. The van der Waals surface area contributed by atoms with Gasteiger partial charge in [0.2, 0.25) is 5.91 Å². The Morgan fingerprint density at radius 1 is 1.47 bits per heavy atom. The van der Waals surface area contributed by atoms with Crippen LogP contribution in [0.1, 0.15) is 18.9 Å². The molecule has 0 aliphatic carbocycles. The molecule has 3 N–H and O–H groups in total. The Hall–Kier alpha value is -1.33. The van der Waals surface area contributed by atoms with E-state index in [9.17, 15) is 4.79 Å². The van der Waals surface area contributed by atoms with Crippen LogP contribution in [0.5, 0.6) is 0 Å². The second-order valence-electron chi connectivity index (χ2n) is 5.16. The predicted octanol–water partition coefficient (Wildman–Crippen LogP) is 0.357. The summed E-state index contributed by atoms with van der Waals surface area (Å²) in [7, 11) is 0. The zero-order valence-corrected chi connectivity index (χ0v) is 11.6. The first kappa shape index (κ1) is 14.1. The van der Waals surface area contributed by atoms with E-state index in [1.165, 1.54) is 5.56 Å². The molecule has 2 heterocycles. The molecule has 0 bridgehead atoms. The van der Waals surface area contributed by atoms with Gasteiger partial charge in [0, 0.05) is 57.6 Å². The number of amides is 1. The highest BCUT2D eigenvalue weighted by atomic mass is 16.1. The smallest absolute Gasteiger partial charge is 0.221 e. The quantitative estimate of drug-likeness (QED) is 0.695. The van der Waals surface area contributed by atoms with E-state index in [2.05, 4.69) is 27.4 Å². The molecule has 1 aromatic rings. The maximum Gasteiger partial charge on any atom is 0.221 e. The molecule has 106 valence electrons. The maximum absolute atomic E-state index is 11.9. The number of carbonyl (C=O) groups is 1. The Balaban J connectivity index is 1.63. The highest BCUT2D eigenvalue weighted by Crippen LogP contribution is 2.05. The van der Waals surface area contributed by atoms with E-state index >= 15 is 0 Å². The summed E-state index contributed by atoms with van der Waals surface area (Å²) in [5.74, 6) is 0.154. The summed E-state index contributed by atoms with van der Waals surface area (Å²) < 4.78 is 0. The topological polar surface area (TPSA) is 60.2 Å². The summed E-state index contributed by atoms with van der Waals surface area (Å²) in [6, 6.07) is 2.37. The molecule has 1 aliphatic rings.